The molecular formula is C19H23N11O9P2S3. The summed E-state index contributed by atoms with van der Waals surface area (Å²) in [5.41, 5.74) is 9.45. The van der Waals surface area contributed by atoms with Gasteiger partial charge in [-0.2, -0.15) is 14.8 Å². The zero-order valence-corrected chi connectivity index (χ0v) is 26.3. The third-order valence-corrected chi connectivity index (χ3v) is 11.9. The molecule has 0 aliphatic carbocycles. The van der Waals surface area contributed by atoms with Crippen LogP contribution < -0.4 is 17.0 Å². The van der Waals surface area contributed by atoms with E-state index in [1.165, 1.54) is 17.0 Å². The van der Waals surface area contributed by atoms with E-state index in [1.54, 1.807) is 0 Å². The van der Waals surface area contributed by atoms with Gasteiger partial charge in [0.1, 0.15) is 24.6 Å². The van der Waals surface area contributed by atoms with Gasteiger partial charge < -0.3 is 35.3 Å². The molecule has 3 saturated heterocycles. The predicted molar refractivity (Wildman–Crippen MR) is 159 cm³/mol. The second kappa shape index (κ2) is 10.9. The summed E-state index contributed by atoms with van der Waals surface area (Å²) >= 11 is 10.7. The van der Waals surface area contributed by atoms with Crippen LogP contribution in [-0.2, 0) is 44.9 Å². The Balaban J connectivity index is 1.26. The van der Waals surface area contributed by atoms with Gasteiger partial charge in [0.05, 0.1) is 42.9 Å². The quantitative estimate of drug-likeness (QED) is 0.109. The summed E-state index contributed by atoms with van der Waals surface area (Å²) in [6.45, 7) is -9.09. The van der Waals surface area contributed by atoms with Crippen molar-refractivity contribution in [2.24, 2.45) is 0 Å². The standard InChI is InChI=1S/C19H23N11O9P2S3/c20-14-16-22-1-8(29(16)24-6-23-14)7-2-35-9-3-36-41(34,43)39-19(30-15-11(27-28-30)17(32)26-18(21)25-15)5-44-10(13(19)31)4-37-40(33,42)38-12(7)9/h1,6-7,9-10,12-13,31H,2-5H2,(H,33,42)(H,34,43)(H2,20,23,24)(H3,21,25,26,32)/t7?,9-,10-,12+,13-,19+,40?,41?/m1/s1. The molecule has 3 fully saturated rings. The van der Waals surface area contributed by atoms with Crippen LogP contribution in [0.3, 0.4) is 0 Å². The van der Waals surface area contributed by atoms with Crippen LogP contribution in [0, 0.1) is 0 Å². The second-order valence-electron chi connectivity index (χ2n) is 10.00. The minimum Gasteiger partial charge on any atom is -0.387 e. The maximum absolute atomic E-state index is 13.8. The molecular weight excluding hydrogens is 684 g/mol. The topological polar surface area (TPSA) is 275 Å². The van der Waals surface area contributed by atoms with E-state index in [4.69, 9.17) is 46.1 Å². The van der Waals surface area contributed by atoms with Crippen LogP contribution in [0.25, 0.3) is 16.8 Å². The summed E-state index contributed by atoms with van der Waals surface area (Å²) < 4.78 is 45.5. The van der Waals surface area contributed by atoms with Gasteiger partial charge in [-0.25, -0.2) is 19.0 Å². The number of hydrogen-bond donors (Lipinski definition) is 6. The average Bonchev–Trinajstić information content (AvgIpc) is 3.72. The van der Waals surface area contributed by atoms with Crippen molar-refractivity contribution < 1.29 is 37.4 Å². The lowest BCUT2D eigenvalue weighted by Gasteiger charge is -2.34. The number of imidazole rings is 1. The number of aliphatic hydroxyl groups is 1. The van der Waals surface area contributed by atoms with Crippen LogP contribution in [-0.4, -0.2) is 104 Å². The van der Waals surface area contributed by atoms with E-state index in [9.17, 15) is 19.4 Å². The fraction of sp³-hybridized carbons (Fsp3) is 0.526. The Labute approximate surface area is 260 Å². The van der Waals surface area contributed by atoms with Crippen LogP contribution in [0.15, 0.2) is 17.3 Å². The minimum atomic E-state index is -4.37. The van der Waals surface area contributed by atoms with Gasteiger partial charge in [-0.15, -0.1) is 16.9 Å². The smallest absolute Gasteiger partial charge is 0.387 e. The molecule has 44 heavy (non-hydrogen) atoms. The van der Waals surface area contributed by atoms with Gasteiger partial charge >= 0.3 is 13.5 Å². The van der Waals surface area contributed by atoms with Crippen molar-refractivity contribution in [1.29, 1.82) is 0 Å². The van der Waals surface area contributed by atoms with E-state index in [0.717, 1.165) is 16.4 Å². The highest BCUT2D eigenvalue weighted by atomic mass is 32.7. The van der Waals surface area contributed by atoms with Crippen molar-refractivity contribution in [3.63, 3.8) is 0 Å². The van der Waals surface area contributed by atoms with Crippen LogP contribution in [0.4, 0.5) is 11.8 Å². The fourth-order valence-corrected chi connectivity index (χ4v) is 9.99. The Kier molecular flexibility index (Phi) is 7.54. The number of aromatic nitrogens is 9. The molecule has 7 N–H and O–H groups in total. The van der Waals surface area contributed by atoms with Crippen molar-refractivity contribution in [3.05, 3.63) is 28.6 Å². The molecule has 4 aromatic rings. The van der Waals surface area contributed by atoms with Crippen LogP contribution >= 0.6 is 37.5 Å². The highest BCUT2D eigenvalue weighted by Gasteiger charge is 2.57. The number of thioether (sulfide) groups is 1. The van der Waals surface area contributed by atoms with Gasteiger partial charge in [0.2, 0.25) is 11.7 Å². The highest BCUT2D eigenvalue weighted by molar-refractivity contribution is 8.44. The van der Waals surface area contributed by atoms with Gasteiger partial charge in [0.25, 0.3) is 5.56 Å². The SMILES string of the molecule is Nc1nc2c(nnn2[C@@]23CS[C@H](COP(O)(=S)O[C@H]4C(c5cnc6c(N)ncnn56)CO[C@@H]4COP(=O)(S)O2)[C@H]3O)c(=O)[nH]1. The number of H-pyrrole nitrogens is 1. The van der Waals surface area contributed by atoms with Gasteiger partial charge in [0.15, 0.2) is 22.6 Å². The van der Waals surface area contributed by atoms with E-state index >= 15 is 0 Å². The Morgan fingerprint density at radius 3 is 2.86 bits per heavy atom. The van der Waals surface area contributed by atoms with Crippen LogP contribution in [0.5, 0.6) is 0 Å². The molecule has 236 valence electrons. The Morgan fingerprint density at radius 2 is 2.05 bits per heavy atom. The number of nitrogens with one attached hydrogen (secondary N) is 1. The first kappa shape index (κ1) is 30.4. The van der Waals surface area contributed by atoms with E-state index in [-0.39, 0.29) is 41.9 Å². The number of nitrogens with two attached hydrogens (primary N) is 2. The first-order chi connectivity index (χ1) is 20.9. The number of thiol groups is 1. The van der Waals surface area contributed by atoms with E-state index < -0.39 is 60.9 Å². The zero-order valence-electron chi connectivity index (χ0n) is 22.0. The Hall–Kier alpha value is -2.27. The lowest BCUT2D eigenvalue weighted by Crippen LogP contribution is -2.49. The molecule has 0 aromatic carbocycles. The van der Waals surface area contributed by atoms with Crippen molar-refractivity contribution in [2.45, 2.75) is 35.2 Å². The number of ether oxygens (including phenoxy) is 1. The van der Waals surface area contributed by atoms with Crippen LogP contribution in [0.1, 0.15) is 11.6 Å². The number of hydrogen-bond acceptors (Lipinski definition) is 18. The second-order valence-corrected chi connectivity index (χ2v) is 16.9. The molecule has 25 heteroatoms. The maximum atomic E-state index is 13.8. The number of anilines is 2. The highest BCUT2D eigenvalue weighted by Crippen LogP contribution is 2.61. The third kappa shape index (κ3) is 5.13. The molecule has 0 spiro atoms. The molecule has 0 amide bonds. The molecule has 3 unspecified atom stereocenters. The summed E-state index contributed by atoms with van der Waals surface area (Å²) in [4.78, 5) is 38.2. The molecule has 3 aliphatic rings. The molecule has 0 saturated carbocycles. The molecule has 0 radical (unpaired) electrons. The van der Waals surface area contributed by atoms with E-state index in [0.29, 0.717) is 11.3 Å². The van der Waals surface area contributed by atoms with Crippen LogP contribution in [0.2, 0.25) is 0 Å². The Bertz CT molecular complexity index is 1930. The summed E-state index contributed by atoms with van der Waals surface area (Å²) in [6.07, 6.45) is -0.743. The molecule has 7 heterocycles. The summed E-state index contributed by atoms with van der Waals surface area (Å²) in [6, 6.07) is 0. The fourth-order valence-electron chi connectivity index (χ4n) is 5.30. The summed E-state index contributed by atoms with van der Waals surface area (Å²) in [5, 5.41) is 22.8. The zero-order chi connectivity index (χ0) is 31.0. The van der Waals surface area contributed by atoms with Crippen molar-refractivity contribution in [1.82, 2.24) is 44.5 Å². The lowest BCUT2D eigenvalue weighted by atomic mass is 9.99. The third-order valence-electron chi connectivity index (χ3n) is 7.33. The lowest BCUT2D eigenvalue weighted by molar-refractivity contribution is -0.102. The summed E-state index contributed by atoms with van der Waals surface area (Å²) in [5.74, 6) is -0.834. The number of nitrogens with zero attached hydrogens (tertiary/aromatic N) is 8. The van der Waals surface area contributed by atoms with Gasteiger partial charge in [0, 0.05) is 5.75 Å². The van der Waals surface area contributed by atoms with E-state index in [2.05, 4.69) is 47.6 Å². The molecule has 7 rings (SSSR count). The number of fused-ring (bicyclic) bond motifs is 5. The molecule has 20 nitrogen and oxygen atoms in total. The molecule has 4 aromatic heterocycles. The van der Waals surface area contributed by atoms with E-state index in [1.807, 2.05) is 0 Å². The first-order valence-electron chi connectivity index (χ1n) is 12.7. The van der Waals surface area contributed by atoms with Crippen molar-refractivity contribution >= 4 is 77.9 Å². The average molecular weight is 708 g/mol. The molecule has 2 bridgehead atoms. The normalized spacial score (nSPS) is 36.6. The Morgan fingerprint density at radius 1 is 1.23 bits per heavy atom. The number of aliphatic hydroxyl groups excluding tert-OH is 1. The summed E-state index contributed by atoms with van der Waals surface area (Å²) in [7, 11) is 0. The van der Waals surface area contributed by atoms with Gasteiger partial charge in [-0.1, -0.05) is 17.5 Å². The van der Waals surface area contributed by atoms with Crippen molar-refractivity contribution in [2.75, 3.05) is 37.0 Å². The van der Waals surface area contributed by atoms with Crippen molar-refractivity contribution in [3.8, 4) is 0 Å². The number of nitrogen functional groups attached to an aromatic ring is 2. The molecule has 3 aliphatic heterocycles. The number of aromatic amines is 1. The maximum Gasteiger partial charge on any atom is 0.388 e. The largest absolute Gasteiger partial charge is 0.388 e. The van der Waals surface area contributed by atoms with Gasteiger partial charge in [-0.3, -0.25) is 18.8 Å². The first-order valence-corrected chi connectivity index (χ1v) is 19.0. The number of rotatable bonds is 2. The minimum absolute atomic E-state index is 0.0389. The van der Waals surface area contributed by atoms with Gasteiger partial charge in [-0.05, 0) is 11.8 Å². The predicted octanol–water partition coefficient (Wildman–Crippen LogP) is -0.868. The monoisotopic (exact) mass is 707 g/mol. The molecule has 8 atom stereocenters.